The lowest BCUT2D eigenvalue weighted by atomic mass is 10.1. The van der Waals surface area contributed by atoms with Crippen molar-refractivity contribution in [3.63, 3.8) is 0 Å². The molecule has 3 rings (SSSR count). The van der Waals surface area contributed by atoms with Gasteiger partial charge in [-0.05, 0) is 30.0 Å². The number of nitrogens with one attached hydrogen (secondary N) is 1. The number of hydrogen-bond donors (Lipinski definition) is 2. The van der Waals surface area contributed by atoms with Gasteiger partial charge >= 0.3 is 0 Å². The summed E-state index contributed by atoms with van der Waals surface area (Å²) in [5.41, 5.74) is 8.17. The molecule has 0 aromatic carbocycles. The van der Waals surface area contributed by atoms with Crippen molar-refractivity contribution in [2.75, 3.05) is 5.32 Å². The van der Waals surface area contributed by atoms with E-state index >= 15 is 0 Å². The number of aromatic nitrogens is 3. The van der Waals surface area contributed by atoms with Crippen LogP contribution < -0.4 is 11.1 Å². The fourth-order valence-corrected chi connectivity index (χ4v) is 5.30. The van der Waals surface area contributed by atoms with E-state index in [4.69, 9.17) is 5.73 Å². The van der Waals surface area contributed by atoms with Gasteiger partial charge in [-0.2, -0.15) is 0 Å². The Morgan fingerprint density at radius 1 is 1.41 bits per heavy atom. The third-order valence-corrected chi connectivity index (χ3v) is 6.11. The summed E-state index contributed by atoms with van der Waals surface area (Å²) < 4.78 is 1.98. The molecule has 116 valence electrons. The maximum Gasteiger partial charge on any atom is 0.170 e. The van der Waals surface area contributed by atoms with Crippen molar-refractivity contribution in [1.82, 2.24) is 15.4 Å². The molecule has 0 radical (unpaired) electrons. The summed E-state index contributed by atoms with van der Waals surface area (Å²) in [5.74, 6) is 0.811. The second kappa shape index (κ2) is 7.16. The van der Waals surface area contributed by atoms with E-state index in [0.29, 0.717) is 0 Å². The molecule has 0 amide bonds. The zero-order chi connectivity index (χ0) is 15.5. The molecule has 3 aromatic heterocycles. The number of fused-ring (bicyclic) bond motifs is 1. The van der Waals surface area contributed by atoms with Crippen LogP contribution in [-0.2, 0) is 17.4 Å². The zero-order valence-corrected chi connectivity index (χ0v) is 15.8. The van der Waals surface area contributed by atoms with Crippen molar-refractivity contribution in [3.05, 3.63) is 32.8 Å². The third kappa shape index (κ3) is 3.39. The number of rotatable bonds is 6. The van der Waals surface area contributed by atoms with E-state index < -0.39 is 0 Å². The van der Waals surface area contributed by atoms with Gasteiger partial charge in [0, 0.05) is 25.8 Å². The highest BCUT2D eigenvalue weighted by molar-refractivity contribution is 14.1. The molecule has 3 aromatic rings. The Hall–Kier alpha value is -0.840. The summed E-state index contributed by atoms with van der Waals surface area (Å²) in [6.45, 7) is 2.78. The minimum absolute atomic E-state index is 0.137. The minimum Gasteiger partial charge on any atom is -0.362 e. The molecule has 0 unspecified atom stereocenters. The quantitative estimate of drug-likeness (QED) is 0.448. The summed E-state index contributed by atoms with van der Waals surface area (Å²) in [5, 5.41) is 17.8. The minimum atomic E-state index is 0.137. The van der Waals surface area contributed by atoms with Gasteiger partial charge in [0.2, 0.25) is 0 Å². The summed E-state index contributed by atoms with van der Waals surface area (Å²) in [6.07, 6.45) is 0.865. The number of nitrogens with zero attached hydrogens (tertiary/aromatic N) is 3. The predicted octanol–water partition coefficient (Wildman–Crippen LogP) is 3.58. The van der Waals surface area contributed by atoms with E-state index in [0.717, 1.165) is 33.4 Å². The first-order chi connectivity index (χ1) is 10.7. The van der Waals surface area contributed by atoms with Crippen LogP contribution in [-0.4, -0.2) is 21.5 Å². The van der Waals surface area contributed by atoms with Gasteiger partial charge in [0.05, 0.1) is 11.2 Å². The molecule has 22 heavy (non-hydrogen) atoms. The second-order valence-corrected chi connectivity index (χ2v) is 7.97. The van der Waals surface area contributed by atoms with E-state index in [1.165, 1.54) is 15.3 Å². The molecule has 0 saturated heterocycles. The zero-order valence-electron chi connectivity index (χ0n) is 12.0. The number of hydrogen-bond acceptors (Lipinski definition) is 7. The monoisotopic (exact) mass is 445 g/mol. The highest BCUT2D eigenvalue weighted by Gasteiger charge is 2.17. The van der Waals surface area contributed by atoms with E-state index in [9.17, 15) is 0 Å². The number of nitrogens with two attached hydrogens (primary N) is 1. The van der Waals surface area contributed by atoms with Crippen LogP contribution in [0.5, 0.6) is 0 Å². The highest BCUT2D eigenvalue weighted by Crippen LogP contribution is 2.35. The molecule has 0 spiro atoms. The Morgan fingerprint density at radius 2 is 2.27 bits per heavy atom. The Balaban J connectivity index is 1.95. The van der Waals surface area contributed by atoms with Crippen molar-refractivity contribution in [1.29, 1.82) is 0 Å². The van der Waals surface area contributed by atoms with Crippen molar-refractivity contribution >= 4 is 61.3 Å². The average molecular weight is 445 g/mol. The van der Waals surface area contributed by atoms with Crippen LogP contribution >= 0.6 is 45.3 Å². The molecular weight excluding hydrogens is 429 g/mol. The molecule has 3 heterocycles. The summed E-state index contributed by atoms with van der Waals surface area (Å²) in [4.78, 5) is 2.56. The van der Waals surface area contributed by atoms with Gasteiger partial charge in [-0.15, -0.1) is 32.9 Å². The Kier molecular flexibility index (Phi) is 5.21. The lowest BCUT2D eigenvalue weighted by Crippen LogP contribution is -2.17. The van der Waals surface area contributed by atoms with Gasteiger partial charge in [-0.25, -0.2) is 0 Å². The first-order valence-corrected chi connectivity index (χ1v) is 10.1. The topological polar surface area (TPSA) is 76.7 Å². The van der Waals surface area contributed by atoms with E-state index in [1.54, 1.807) is 22.7 Å². The predicted molar refractivity (Wildman–Crippen MR) is 102 cm³/mol. The lowest BCUT2D eigenvalue weighted by molar-refractivity contribution is 0.744. The number of alkyl halides is 1. The molecule has 5 nitrogen and oxygen atoms in total. The van der Waals surface area contributed by atoms with Crippen molar-refractivity contribution in [3.8, 4) is 0 Å². The average Bonchev–Trinajstić information content (AvgIpc) is 3.11. The smallest absolute Gasteiger partial charge is 0.170 e. The van der Waals surface area contributed by atoms with Gasteiger partial charge in [0.25, 0.3) is 0 Å². The number of halogens is 1. The van der Waals surface area contributed by atoms with Crippen molar-refractivity contribution in [2.45, 2.75) is 30.4 Å². The number of thiophene rings is 2. The first-order valence-electron chi connectivity index (χ1n) is 6.90. The second-order valence-electron chi connectivity index (χ2n) is 5.07. The maximum absolute atomic E-state index is 5.97. The largest absolute Gasteiger partial charge is 0.362 e. The van der Waals surface area contributed by atoms with E-state index in [1.807, 2.05) is 6.92 Å². The van der Waals surface area contributed by atoms with Gasteiger partial charge in [0.15, 0.2) is 5.82 Å². The lowest BCUT2D eigenvalue weighted by Gasteiger charge is -2.03. The Bertz CT molecular complexity index is 754. The molecule has 0 aliphatic heterocycles. The standard InChI is InChI=1S/C14H16IN5S2/c1-8(16)5-11-10(6-15)12-13(22-11)14(19-20-18-12)17-7-9-3-2-4-21-9/h2-4,8H,5-7,16H2,1H3,(H,17,18,19)/t8-/m0/s1. The molecule has 8 heteroatoms. The van der Waals surface area contributed by atoms with Crippen LogP contribution in [0.2, 0.25) is 0 Å². The molecule has 0 fully saturated rings. The van der Waals surface area contributed by atoms with Gasteiger partial charge in [-0.3, -0.25) is 0 Å². The van der Waals surface area contributed by atoms with Gasteiger partial charge in [-0.1, -0.05) is 28.7 Å². The Morgan fingerprint density at radius 3 is 2.95 bits per heavy atom. The molecule has 0 aliphatic carbocycles. The van der Waals surface area contributed by atoms with Gasteiger partial charge in [0.1, 0.15) is 5.52 Å². The first kappa shape index (κ1) is 16.0. The molecule has 0 aliphatic rings. The van der Waals surface area contributed by atoms with Crippen LogP contribution in [0.4, 0.5) is 5.82 Å². The summed E-state index contributed by atoms with van der Waals surface area (Å²) in [6, 6.07) is 4.30. The number of anilines is 1. The van der Waals surface area contributed by atoms with Crippen LogP contribution in [0.15, 0.2) is 17.5 Å². The summed E-state index contributed by atoms with van der Waals surface area (Å²) >= 11 is 5.83. The summed E-state index contributed by atoms with van der Waals surface area (Å²) in [7, 11) is 0. The SMILES string of the molecule is C[C@H](N)Cc1sc2c(NCc3cccs3)nnnc2c1CI. The van der Waals surface area contributed by atoms with Crippen LogP contribution in [0, 0.1) is 0 Å². The Labute approximate surface area is 150 Å². The van der Waals surface area contributed by atoms with Crippen molar-refractivity contribution < 1.29 is 0 Å². The maximum atomic E-state index is 5.97. The molecule has 3 N–H and O–H groups in total. The fraction of sp³-hybridized carbons (Fsp3) is 0.357. The molecular formula is C14H16IN5S2. The van der Waals surface area contributed by atoms with Crippen LogP contribution in [0.25, 0.3) is 10.2 Å². The van der Waals surface area contributed by atoms with Crippen molar-refractivity contribution in [2.24, 2.45) is 5.73 Å². The highest BCUT2D eigenvalue weighted by atomic mass is 127. The van der Waals surface area contributed by atoms with Gasteiger partial charge < -0.3 is 11.1 Å². The molecule has 1 atom stereocenters. The molecule has 0 saturated carbocycles. The fourth-order valence-electron chi connectivity index (χ4n) is 2.22. The van der Waals surface area contributed by atoms with Crippen LogP contribution in [0.3, 0.4) is 0 Å². The third-order valence-electron chi connectivity index (χ3n) is 3.22. The van der Waals surface area contributed by atoms with E-state index in [2.05, 4.69) is 60.8 Å². The van der Waals surface area contributed by atoms with E-state index in [-0.39, 0.29) is 6.04 Å². The molecule has 0 bridgehead atoms. The van der Waals surface area contributed by atoms with Crippen LogP contribution in [0.1, 0.15) is 22.2 Å². The normalized spacial score (nSPS) is 12.7.